The van der Waals surface area contributed by atoms with E-state index in [1.165, 1.54) is 12.8 Å². The van der Waals surface area contributed by atoms with E-state index in [1.807, 2.05) is 0 Å². The number of rotatable bonds is 3. The first kappa shape index (κ1) is 10.5. The molecule has 2 N–H and O–H groups in total. The fraction of sp³-hybridized carbons (Fsp3) is 0.889. The Morgan fingerprint density at radius 2 is 1.85 bits per heavy atom. The third-order valence-electron chi connectivity index (χ3n) is 2.30. The molecule has 1 aliphatic rings. The van der Waals surface area contributed by atoms with Crippen LogP contribution in [0.15, 0.2) is 0 Å². The fourth-order valence-corrected chi connectivity index (χ4v) is 1.65. The summed E-state index contributed by atoms with van der Waals surface area (Å²) in [5.41, 5.74) is 0. The second-order valence-corrected chi connectivity index (χ2v) is 3.41. The van der Waals surface area contributed by atoms with Crippen LogP contribution in [0.4, 0.5) is 0 Å². The monoisotopic (exact) mass is 187 g/mol. The maximum Gasteiger partial charge on any atom is 0.334 e. The number of esters is 1. The first-order chi connectivity index (χ1) is 6.33. The van der Waals surface area contributed by atoms with E-state index in [9.17, 15) is 4.79 Å². The molecule has 1 rings (SSSR count). The minimum Gasteiger partial charge on any atom is -0.461 e. The molecule has 0 aromatic carbocycles. The number of hydrogen-bond acceptors (Lipinski definition) is 4. The van der Waals surface area contributed by atoms with E-state index in [0.29, 0.717) is 0 Å². The third-order valence-corrected chi connectivity index (χ3v) is 2.30. The molecule has 1 fully saturated rings. The smallest absolute Gasteiger partial charge is 0.334 e. The molecule has 0 aliphatic heterocycles. The Bertz CT molecular complexity index is 153. The topological polar surface area (TPSA) is 61.5 Å². The van der Waals surface area contributed by atoms with Gasteiger partial charge >= 0.3 is 5.97 Å². The molecule has 4 nitrogen and oxygen atoms in total. The van der Waals surface area contributed by atoms with Crippen LogP contribution in [0.3, 0.4) is 0 Å². The molecule has 76 valence electrons. The predicted octanol–water partition coefficient (Wildman–Crippen LogP) is 1.14. The van der Waals surface area contributed by atoms with E-state index in [1.54, 1.807) is 0 Å². The Labute approximate surface area is 78.3 Å². The summed E-state index contributed by atoms with van der Waals surface area (Å²) >= 11 is 0. The molecule has 1 aliphatic carbocycles. The van der Waals surface area contributed by atoms with E-state index in [-0.39, 0.29) is 18.7 Å². The van der Waals surface area contributed by atoms with Crippen LogP contribution in [0, 0.1) is 0 Å². The van der Waals surface area contributed by atoms with Crippen LogP contribution < -0.4 is 5.90 Å². The zero-order valence-corrected chi connectivity index (χ0v) is 7.83. The zero-order valence-electron chi connectivity index (χ0n) is 7.83. The lowest BCUT2D eigenvalue weighted by Gasteiger charge is -2.14. The van der Waals surface area contributed by atoms with E-state index < -0.39 is 0 Å². The first-order valence-electron chi connectivity index (χ1n) is 4.84. The van der Waals surface area contributed by atoms with Gasteiger partial charge in [0.25, 0.3) is 0 Å². The summed E-state index contributed by atoms with van der Waals surface area (Å²) in [6.07, 6.45) is 6.86. The van der Waals surface area contributed by atoms with Crippen LogP contribution in [0.5, 0.6) is 0 Å². The summed E-state index contributed by atoms with van der Waals surface area (Å²) < 4.78 is 5.17. The van der Waals surface area contributed by atoms with Crippen LogP contribution in [0.1, 0.15) is 38.5 Å². The molecule has 0 heterocycles. The van der Waals surface area contributed by atoms with Gasteiger partial charge in [-0.15, -0.1) is 0 Å². The molecule has 0 bridgehead atoms. The summed E-state index contributed by atoms with van der Waals surface area (Å²) in [5.74, 6) is 4.41. The molecule has 13 heavy (non-hydrogen) atoms. The highest BCUT2D eigenvalue weighted by molar-refractivity contribution is 5.70. The van der Waals surface area contributed by atoms with Crippen molar-refractivity contribution in [2.24, 2.45) is 5.90 Å². The Balaban J connectivity index is 2.21. The first-order valence-corrected chi connectivity index (χ1v) is 4.84. The predicted molar refractivity (Wildman–Crippen MR) is 47.7 cm³/mol. The Hall–Kier alpha value is -0.610. The van der Waals surface area contributed by atoms with Gasteiger partial charge in [-0.2, -0.15) is 0 Å². The molecule has 0 aromatic heterocycles. The summed E-state index contributed by atoms with van der Waals surface area (Å²) in [7, 11) is 0. The number of carbonyl (C=O) groups excluding carboxylic acids is 1. The largest absolute Gasteiger partial charge is 0.461 e. The van der Waals surface area contributed by atoms with Crippen LogP contribution in [0.2, 0.25) is 0 Å². The van der Waals surface area contributed by atoms with Crippen molar-refractivity contribution in [3.8, 4) is 0 Å². The highest BCUT2D eigenvalue weighted by atomic mass is 16.6. The average Bonchev–Trinajstić information content (AvgIpc) is 2.33. The van der Waals surface area contributed by atoms with Crippen LogP contribution >= 0.6 is 0 Å². The summed E-state index contributed by atoms with van der Waals surface area (Å²) in [4.78, 5) is 15.2. The minimum absolute atomic E-state index is 0.0881. The van der Waals surface area contributed by atoms with Crippen LogP contribution in [-0.4, -0.2) is 18.7 Å². The number of nitrogens with two attached hydrogens (primary N) is 1. The van der Waals surface area contributed by atoms with Crippen molar-refractivity contribution in [3.05, 3.63) is 0 Å². The molecular weight excluding hydrogens is 170 g/mol. The molecule has 0 spiro atoms. The van der Waals surface area contributed by atoms with Crippen molar-refractivity contribution < 1.29 is 14.4 Å². The van der Waals surface area contributed by atoms with Gasteiger partial charge in [0, 0.05) is 0 Å². The summed E-state index contributed by atoms with van der Waals surface area (Å²) in [6, 6.07) is 0. The van der Waals surface area contributed by atoms with Gasteiger partial charge in [0.2, 0.25) is 0 Å². The van der Waals surface area contributed by atoms with Crippen LogP contribution in [-0.2, 0) is 14.4 Å². The van der Waals surface area contributed by atoms with E-state index in [0.717, 1.165) is 25.7 Å². The SMILES string of the molecule is NOCC(=O)OC1CCCCCC1. The van der Waals surface area contributed by atoms with Crippen LogP contribution in [0.25, 0.3) is 0 Å². The quantitative estimate of drug-likeness (QED) is 0.409. The number of hydrogen-bond donors (Lipinski definition) is 1. The van der Waals surface area contributed by atoms with Gasteiger partial charge in [0.15, 0.2) is 6.61 Å². The lowest BCUT2D eigenvalue weighted by Crippen LogP contribution is -2.22. The molecule has 0 radical (unpaired) electrons. The van der Waals surface area contributed by atoms with Crippen molar-refractivity contribution >= 4 is 5.97 Å². The third kappa shape index (κ3) is 4.24. The lowest BCUT2D eigenvalue weighted by atomic mass is 10.1. The summed E-state index contributed by atoms with van der Waals surface area (Å²) in [5, 5.41) is 0. The van der Waals surface area contributed by atoms with Crippen molar-refractivity contribution in [3.63, 3.8) is 0 Å². The number of carbonyl (C=O) groups is 1. The maximum atomic E-state index is 11.0. The fourth-order valence-electron chi connectivity index (χ4n) is 1.65. The molecule has 0 amide bonds. The number of ether oxygens (including phenoxy) is 1. The van der Waals surface area contributed by atoms with Crippen molar-refractivity contribution in [2.45, 2.75) is 44.6 Å². The molecule has 1 saturated carbocycles. The zero-order chi connectivity index (χ0) is 9.52. The normalized spacial score (nSPS) is 19.5. The molecule has 0 aromatic rings. The van der Waals surface area contributed by atoms with Crippen molar-refractivity contribution in [2.75, 3.05) is 6.61 Å². The Morgan fingerprint density at radius 1 is 1.23 bits per heavy atom. The van der Waals surface area contributed by atoms with Gasteiger partial charge in [-0.3, -0.25) is 4.84 Å². The second-order valence-electron chi connectivity index (χ2n) is 3.41. The van der Waals surface area contributed by atoms with E-state index in [4.69, 9.17) is 10.6 Å². The van der Waals surface area contributed by atoms with Crippen molar-refractivity contribution in [1.29, 1.82) is 0 Å². The van der Waals surface area contributed by atoms with E-state index in [2.05, 4.69) is 4.84 Å². The Morgan fingerprint density at radius 3 is 2.38 bits per heavy atom. The van der Waals surface area contributed by atoms with Gasteiger partial charge in [0.1, 0.15) is 6.10 Å². The molecule has 4 heteroatoms. The minimum atomic E-state index is -0.352. The molecular formula is C9H17NO3. The standard InChI is InChI=1S/C9H17NO3/c10-12-7-9(11)13-8-5-3-1-2-4-6-8/h8H,1-7,10H2. The lowest BCUT2D eigenvalue weighted by molar-refractivity contribution is -0.155. The Kier molecular flexibility index (Phi) is 4.78. The second kappa shape index (κ2) is 5.94. The van der Waals surface area contributed by atoms with Gasteiger partial charge < -0.3 is 4.74 Å². The average molecular weight is 187 g/mol. The molecule has 0 saturated heterocycles. The highest BCUT2D eigenvalue weighted by Crippen LogP contribution is 2.19. The summed E-state index contributed by atoms with van der Waals surface area (Å²) in [6.45, 7) is -0.142. The van der Waals surface area contributed by atoms with Gasteiger partial charge in [-0.25, -0.2) is 10.7 Å². The van der Waals surface area contributed by atoms with Gasteiger partial charge in [-0.05, 0) is 25.7 Å². The van der Waals surface area contributed by atoms with Gasteiger partial charge in [-0.1, -0.05) is 12.8 Å². The van der Waals surface area contributed by atoms with Crippen molar-refractivity contribution in [1.82, 2.24) is 0 Å². The molecule has 0 unspecified atom stereocenters. The van der Waals surface area contributed by atoms with E-state index >= 15 is 0 Å². The van der Waals surface area contributed by atoms with Gasteiger partial charge in [0.05, 0.1) is 0 Å². The highest BCUT2D eigenvalue weighted by Gasteiger charge is 2.16. The molecule has 0 atom stereocenters. The maximum absolute atomic E-state index is 11.0.